The number of carbonyl (C=O) groups is 2. The number of urea groups is 1. The number of hydrogen-bond acceptors (Lipinski definition) is 3. The first-order chi connectivity index (χ1) is 8.07. The van der Waals surface area contributed by atoms with Crippen LogP contribution in [0.25, 0.3) is 0 Å². The number of aliphatic carboxylic acids is 1. The lowest BCUT2D eigenvalue weighted by Crippen LogP contribution is -2.38. The van der Waals surface area contributed by atoms with Crippen molar-refractivity contribution in [1.29, 1.82) is 0 Å². The molecule has 0 aromatic carbocycles. The lowest BCUT2D eigenvalue weighted by Gasteiger charge is -2.17. The average Bonchev–Trinajstić information content (AvgIpc) is 2.29. The molecule has 0 radical (unpaired) electrons. The fourth-order valence-electron chi connectivity index (χ4n) is 1.31. The van der Waals surface area contributed by atoms with E-state index >= 15 is 0 Å². The number of hydrogen-bond donors (Lipinski definition) is 3. The first-order valence-electron chi connectivity index (χ1n) is 5.89. The van der Waals surface area contributed by atoms with Crippen LogP contribution in [0.5, 0.6) is 0 Å². The minimum absolute atomic E-state index is 0.0699. The molecule has 6 nitrogen and oxygen atoms in total. The van der Waals surface area contributed by atoms with E-state index in [1.807, 2.05) is 0 Å². The summed E-state index contributed by atoms with van der Waals surface area (Å²) in [5.41, 5.74) is 0. The van der Waals surface area contributed by atoms with Crippen LogP contribution in [0.4, 0.5) is 4.79 Å². The van der Waals surface area contributed by atoms with Crippen molar-refractivity contribution in [2.75, 3.05) is 26.7 Å². The second-order valence-electron chi connectivity index (χ2n) is 3.94. The van der Waals surface area contributed by atoms with Gasteiger partial charge in [0, 0.05) is 33.2 Å². The molecule has 0 aliphatic heterocycles. The van der Waals surface area contributed by atoms with Crippen molar-refractivity contribution in [1.82, 2.24) is 10.2 Å². The minimum atomic E-state index is -0.850. The molecule has 3 N–H and O–H groups in total. The highest BCUT2D eigenvalue weighted by Gasteiger charge is 2.07. The topological polar surface area (TPSA) is 89.9 Å². The lowest BCUT2D eigenvalue weighted by atomic mass is 10.2. The van der Waals surface area contributed by atoms with Crippen LogP contribution in [-0.4, -0.2) is 53.9 Å². The van der Waals surface area contributed by atoms with Gasteiger partial charge in [-0.2, -0.15) is 0 Å². The highest BCUT2D eigenvalue weighted by molar-refractivity contribution is 5.73. The van der Waals surface area contributed by atoms with Crippen molar-refractivity contribution in [3.8, 4) is 0 Å². The molecule has 0 bridgehead atoms. The number of nitrogens with zero attached hydrogens (tertiary/aromatic N) is 1. The highest BCUT2D eigenvalue weighted by Crippen LogP contribution is 1.97. The number of aliphatic hydroxyl groups is 1. The normalized spacial score (nSPS) is 10.0. The molecule has 0 saturated heterocycles. The van der Waals surface area contributed by atoms with E-state index in [2.05, 4.69) is 5.32 Å². The average molecular weight is 246 g/mol. The fourth-order valence-corrected chi connectivity index (χ4v) is 1.31. The Morgan fingerprint density at radius 1 is 1.18 bits per heavy atom. The zero-order valence-electron chi connectivity index (χ0n) is 10.3. The third kappa shape index (κ3) is 9.62. The van der Waals surface area contributed by atoms with E-state index in [0.717, 1.165) is 19.3 Å². The van der Waals surface area contributed by atoms with Gasteiger partial charge in [0.15, 0.2) is 0 Å². The number of carboxylic acid groups (broad SMARTS) is 1. The Bertz CT molecular complexity index is 234. The van der Waals surface area contributed by atoms with Crippen molar-refractivity contribution in [2.24, 2.45) is 0 Å². The molecule has 6 heteroatoms. The van der Waals surface area contributed by atoms with Crippen LogP contribution in [0.15, 0.2) is 0 Å². The van der Waals surface area contributed by atoms with Crippen molar-refractivity contribution >= 4 is 12.0 Å². The number of aliphatic hydroxyl groups excluding tert-OH is 1. The summed E-state index contributed by atoms with van der Waals surface area (Å²) in [6.07, 6.45) is 3.03. The van der Waals surface area contributed by atoms with Gasteiger partial charge in [0.25, 0.3) is 0 Å². The van der Waals surface area contributed by atoms with Crippen molar-refractivity contribution in [3.63, 3.8) is 0 Å². The van der Waals surface area contributed by atoms with Crippen LogP contribution < -0.4 is 5.32 Å². The molecule has 0 aromatic heterocycles. The summed E-state index contributed by atoms with van der Waals surface area (Å²) in [6.45, 7) is 1.21. The molecule has 0 saturated carbocycles. The molecule has 100 valence electrons. The highest BCUT2D eigenvalue weighted by atomic mass is 16.4. The summed E-state index contributed by atoms with van der Waals surface area (Å²) in [5, 5.41) is 19.7. The van der Waals surface area contributed by atoms with E-state index in [9.17, 15) is 9.59 Å². The van der Waals surface area contributed by atoms with E-state index in [1.54, 1.807) is 11.9 Å². The summed E-state index contributed by atoms with van der Waals surface area (Å²) in [4.78, 5) is 23.3. The van der Waals surface area contributed by atoms with Gasteiger partial charge in [-0.25, -0.2) is 4.79 Å². The number of nitrogens with one attached hydrogen (secondary N) is 1. The van der Waals surface area contributed by atoms with Gasteiger partial charge in [0.05, 0.1) is 0 Å². The van der Waals surface area contributed by atoms with Crippen molar-refractivity contribution in [3.05, 3.63) is 0 Å². The van der Waals surface area contributed by atoms with Gasteiger partial charge in [-0.1, -0.05) is 0 Å². The minimum Gasteiger partial charge on any atom is -0.481 e. The van der Waals surface area contributed by atoms with Gasteiger partial charge >= 0.3 is 12.0 Å². The van der Waals surface area contributed by atoms with Crippen LogP contribution in [0.1, 0.15) is 32.1 Å². The summed E-state index contributed by atoms with van der Waals surface area (Å²) in [5.74, 6) is -0.850. The Balaban J connectivity index is 3.50. The number of rotatable bonds is 9. The first kappa shape index (κ1) is 15.7. The smallest absolute Gasteiger partial charge is 0.317 e. The van der Waals surface area contributed by atoms with Crippen molar-refractivity contribution in [2.45, 2.75) is 32.1 Å². The Kier molecular flexibility index (Phi) is 9.14. The zero-order valence-corrected chi connectivity index (χ0v) is 10.3. The summed E-state index contributed by atoms with van der Waals surface area (Å²) in [7, 11) is 1.70. The molecule has 0 heterocycles. The van der Waals surface area contributed by atoms with Crippen LogP contribution in [0.2, 0.25) is 0 Å². The predicted octanol–water partition coefficient (Wildman–Crippen LogP) is 0.655. The second-order valence-corrected chi connectivity index (χ2v) is 3.94. The molecule has 0 rings (SSSR count). The Hall–Kier alpha value is -1.30. The number of carboxylic acids is 1. The maximum atomic E-state index is 11.5. The van der Waals surface area contributed by atoms with Gasteiger partial charge in [-0.05, 0) is 25.7 Å². The van der Waals surface area contributed by atoms with E-state index in [1.165, 1.54) is 0 Å². The Labute approximate surface area is 102 Å². The predicted molar refractivity (Wildman–Crippen MR) is 63.8 cm³/mol. The molecule has 0 atom stereocenters. The molecule has 17 heavy (non-hydrogen) atoms. The Morgan fingerprint density at radius 3 is 2.47 bits per heavy atom. The zero-order chi connectivity index (χ0) is 13.1. The SMILES string of the molecule is CN(CCCCCO)C(=O)NCCCC(=O)O. The molecule has 0 fully saturated rings. The maximum Gasteiger partial charge on any atom is 0.317 e. The quantitative estimate of drug-likeness (QED) is 0.521. The fraction of sp³-hybridized carbons (Fsp3) is 0.818. The molecule has 0 aliphatic rings. The van der Waals surface area contributed by atoms with Crippen LogP contribution in [0.3, 0.4) is 0 Å². The van der Waals surface area contributed by atoms with Crippen LogP contribution in [0, 0.1) is 0 Å². The van der Waals surface area contributed by atoms with E-state index < -0.39 is 5.97 Å². The molecule has 2 amide bonds. The summed E-state index contributed by atoms with van der Waals surface area (Å²) in [6, 6.07) is -0.181. The van der Waals surface area contributed by atoms with Gasteiger partial charge in [-0.3, -0.25) is 4.79 Å². The maximum absolute atomic E-state index is 11.5. The van der Waals surface area contributed by atoms with Gasteiger partial charge < -0.3 is 20.4 Å². The molecule has 0 spiro atoms. The standard InChI is InChI=1S/C11H22N2O4/c1-13(8-3-2-4-9-14)11(17)12-7-5-6-10(15)16/h14H,2-9H2,1H3,(H,12,17)(H,15,16). The Morgan fingerprint density at radius 2 is 1.88 bits per heavy atom. The first-order valence-corrected chi connectivity index (χ1v) is 5.89. The molecular formula is C11H22N2O4. The third-order valence-electron chi connectivity index (χ3n) is 2.34. The molecule has 0 unspecified atom stereocenters. The molecular weight excluding hydrogens is 224 g/mol. The largest absolute Gasteiger partial charge is 0.481 e. The van der Waals surface area contributed by atoms with E-state index in [0.29, 0.717) is 19.5 Å². The summed E-state index contributed by atoms with van der Waals surface area (Å²) < 4.78 is 0. The van der Waals surface area contributed by atoms with Gasteiger partial charge in [0.2, 0.25) is 0 Å². The number of amides is 2. The van der Waals surface area contributed by atoms with Gasteiger partial charge in [0.1, 0.15) is 0 Å². The van der Waals surface area contributed by atoms with Crippen molar-refractivity contribution < 1.29 is 19.8 Å². The van der Waals surface area contributed by atoms with Crippen LogP contribution in [-0.2, 0) is 4.79 Å². The molecule has 0 aliphatic carbocycles. The number of carbonyl (C=O) groups excluding carboxylic acids is 1. The lowest BCUT2D eigenvalue weighted by molar-refractivity contribution is -0.137. The van der Waals surface area contributed by atoms with E-state index in [-0.39, 0.29) is 19.1 Å². The van der Waals surface area contributed by atoms with Gasteiger partial charge in [-0.15, -0.1) is 0 Å². The van der Waals surface area contributed by atoms with Crippen LogP contribution >= 0.6 is 0 Å². The second kappa shape index (κ2) is 9.89. The number of unbranched alkanes of at least 4 members (excludes halogenated alkanes) is 2. The molecule has 0 aromatic rings. The van der Waals surface area contributed by atoms with E-state index in [4.69, 9.17) is 10.2 Å². The third-order valence-corrected chi connectivity index (χ3v) is 2.34. The monoisotopic (exact) mass is 246 g/mol. The summed E-state index contributed by atoms with van der Waals surface area (Å²) >= 11 is 0.